The van der Waals surface area contributed by atoms with Gasteiger partial charge in [-0.2, -0.15) is 0 Å². The van der Waals surface area contributed by atoms with Crippen LogP contribution in [0.15, 0.2) is 24.3 Å². The van der Waals surface area contributed by atoms with Crippen molar-refractivity contribution in [3.8, 4) is 0 Å². The van der Waals surface area contributed by atoms with E-state index in [1.54, 1.807) is 0 Å². The maximum Gasteiger partial charge on any atom is 0.105 e. The van der Waals surface area contributed by atoms with E-state index in [0.29, 0.717) is 12.6 Å². The summed E-state index contributed by atoms with van der Waals surface area (Å²) in [6.45, 7) is 7.43. The van der Waals surface area contributed by atoms with Crippen LogP contribution in [0.5, 0.6) is 0 Å². The van der Waals surface area contributed by atoms with Crippen LogP contribution in [0.3, 0.4) is 0 Å². The zero-order chi connectivity index (χ0) is 13.9. The molecule has 1 fully saturated rings. The summed E-state index contributed by atoms with van der Waals surface area (Å²) in [4.78, 5) is 1.39. The molecule has 1 aliphatic heterocycles. The lowest BCUT2D eigenvalue weighted by Gasteiger charge is -2.26. The molecule has 0 atom stereocenters. The van der Waals surface area contributed by atoms with Crippen molar-refractivity contribution in [1.82, 2.24) is 5.32 Å². The molecule has 108 valence electrons. The molecule has 0 unspecified atom stereocenters. The summed E-state index contributed by atoms with van der Waals surface area (Å²) in [5.74, 6) is 0. The predicted molar refractivity (Wildman–Crippen MR) is 83.2 cm³/mol. The van der Waals surface area contributed by atoms with Crippen molar-refractivity contribution in [3.63, 3.8) is 0 Å². The number of nitrogens with one attached hydrogen (secondary N) is 1. The Morgan fingerprint density at radius 1 is 1.35 bits per heavy atom. The third-order valence-corrected chi connectivity index (χ3v) is 4.74. The van der Waals surface area contributed by atoms with Gasteiger partial charge < -0.3 is 14.8 Å². The van der Waals surface area contributed by atoms with Crippen molar-refractivity contribution >= 4 is 21.4 Å². The first-order chi connectivity index (χ1) is 9.74. The van der Waals surface area contributed by atoms with Crippen LogP contribution in [-0.2, 0) is 22.6 Å². The molecule has 0 saturated carbocycles. The van der Waals surface area contributed by atoms with Crippen molar-refractivity contribution in [3.05, 3.63) is 34.7 Å². The molecule has 3 nitrogen and oxygen atoms in total. The molecule has 1 N–H and O–H groups in total. The van der Waals surface area contributed by atoms with Crippen LogP contribution in [0, 0.1) is 0 Å². The summed E-state index contributed by atoms with van der Waals surface area (Å²) in [6.07, 6.45) is 0.277. The molecule has 20 heavy (non-hydrogen) atoms. The highest BCUT2D eigenvalue weighted by Gasteiger charge is 2.20. The molecule has 3 rings (SSSR count). The number of benzene rings is 1. The fourth-order valence-electron chi connectivity index (χ4n) is 2.26. The Hall–Kier alpha value is -0.940. The number of hydrogen-bond donors (Lipinski definition) is 1. The van der Waals surface area contributed by atoms with Gasteiger partial charge in [-0.25, -0.2) is 0 Å². The zero-order valence-electron chi connectivity index (χ0n) is 12.0. The summed E-state index contributed by atoms with van der Waals surface area (Å²) >= 11 is 1.87. The van der Waals surface area contributed by atoms with Gasteiger partial charge in [-0.05, 0) is 11.5 Å². The van der Waals surface area contributed by atoms with Gasteiger partial charge in [0.05, 0.1) is 19.8 Å². The fourth-order valence-corrected chi connectivity index (χ4v) is 3.42. The number of ether oxygens (including phenoxy) is 2. The Labute approximate surface area is 123 Å². The van der Waals surface area contributed by atoms with Gasteiger partial charge in [-0.1, -0.05) is 32.0 Å². The molecule has 0 amide bonds. The fraction of sp³-hybridized carbons (Fsp3) is 0.500. The number of hydrogen-bond acceptors (Lipinski definition) is 4. The van der Waals surface area contributed by atoms with Gasteiger partial charge in [0, 0.05) is 27.7 Å². The molecule has 2 aromatic rings. The van der Waals surface area contributed by atoms with Crippen molar-refractivity contribution in [2.75, 3.05) is 13.2 Å². The van der Waals surface area contributed by atoms with E-state index in [1.165, 1.54) is 20.5 Å². The van der Waals surface area contributed by atoms with E-state index in [4.69, 9.17) is 9.47 Å². The molecule has 0 spiro atoms. The van der Waals surface area contributed by atoms with Gasteiger partial charge in [0.25, 0.3) is 0 Å². The highest BCUT2D eigenvalue weighted by Crippen LogP contribution is 2.32. The first kappa shape index (κ1) is 14.0. The van der Waals surface area contributed by atoms with E-state index in [-0.39, 0.29) is 6.10 Å². The average molecular weight is 291 g/mol. The van der Waals surface area contributed by atoms with Crippen molar-refractivity contribution in [2.45, 2.75) is 39.1 Å². The molecule has 2 heterocycles. The van der Waals surface area contributed by atoms with Gasteiger partial charge in [-0.15, -0.1) is 11.3 Å². The van der Waals surface area contributed by atoms with E-state index < -0.39 is 0 Å². The Morgan fingerprint density at radius 3 is 2.85 bits per heavy atom. The molecule has 0 aliphatic carbocycles. The van der Waals surface area contributed by atoms with Crippen molar-refractivity contribution in [1.29, 1.82) is 0 Å². The lowest BCUT2D eigenvalue weighted by Crippen LogP contribution is -2.35. The minimum atomic E-state index is 0.277. The SMILES string of the molecule is CC(C)NCc1sc2ccccc2c1COC1COC1. The first-order valence-electron chi connectivity index (χ1n) is 7.16. The van der Waals surface area contributed by atoms with Gasteiger partial charge >= 0.3 is 0 Å². The lowest BCUT2D eigenvalue weighted by atomic mass is 10.1. The smallest absolute Gasteiger partial charge is 0.105 e. The normalized spacial score (nSPS) is 15.9. The second kappa shape index (κ2) is 6.22. The first-order valence-corrected chi connectivity index (χ1v) is 7.97. The Balaban J connectivity index is 1.82. The summed E-state index contributed by atoms with van der Waals surface area (Å²) in [7, 11) is 0. The van der Waals surface area contributed by atoms with Gasteiger partial charge in [0.15, 0.2) is 0 Å². The summed E-state index contributed by atoms with van der Waals surface area (Å²) in [5, 5.41) is 4.84. The van der Waals surface area contributed by atoms with Gasteiger partial charge in [-0.3, -0.25) is 0 Å². The van der Waals surface area contributed by atoms with Crippen LogP contribution >= 0.6 is 11.3 Å². The summed E-state index contributed by atoms with van der Waals surface area (Å²) in [6, 6.07) is 9.08. The third kappa shape index (κ3) is 3.04. The molecule has 1 aliphatic rings. The third-order valence-electron chi connectivity index (χ3n) is 3.52. The van der Waals surface area contributed by atoms with Crippen LogP contribution < -0.4 is 5.32 Å². The Kier molecular flexibility index (Phi) is 4.36. The molecule has 1 saturated heterocycles. The lowest BCUT2D eigenvalue weighted by molar-refractivity contribution is -0.135. The molecule has 0 radical (unpaired) electrons. The molecular weight excluding hydrogens is 270 g/mol. The van der Waals surface area contributed by atoms with Crippen LogP contribution in [0.4, 0.5) is 0 Å². The Morgan fingerprint density at radius 2 is 2.15 bits per heavy atom. The number of thiophene rings is 1. The van der Waals surface area contributed by atoms with Crippen LogP contribution in [0.25, 0.3) is 10.1 Å². The monoisotopic (exact) mass is 291 g/mol. The van der Waals surface area contributed by atoms with Crippen LogP contribution in [0.2, 0.25) is 0 Å². The van der Waals surface area contributed by atoms with Crippen LogP contribution in [-0.4, -0.2) is 25.4 Å². The minimum absolute atomic E-state index is 0.277. The Bertz CT molecular complexity index is 575. The minimum Gasteiger partial charge on any atom is -0.376 e. The van der Waals surface area contributed by atoms with Crippen molar-refractivity contribution in [2.24, 2.45) is 0 Å². The highest BCUT2D eigenvalue weighted by molar-refractivity contribution is 7.19. The highest BCUT2D eigenvalue weighted by atomic mass is 32.1. The van der Waals surface area contributed by atoms with E-state index in [2.05, 4.69) is 43.4 Å². The summed E-state index contributed by atoms with van der Waals surface area (Å²) in [5.41, 5.74) is 1.34. The quantitative estimate of drug-likeness (QED) is 0.885. The van der Waals surface area contributed by atoms with Gasteiger partial charge in [0.1, 0.15) is 6.10 Å². The van der Waals surface area contributed by atoms with E-state index in [1.807, 2.05) is 11.3 Å². The topological polar surface area (TPSA) is 30.5 Å². The number of rotatable bonds is 6. The maximum absolute atomic E-state index is 5.93. The second-order valence-corrected chi connectivity index (χ2v) is 6.64. The van der Waals surface area contributed by atoms with Crippen LogP contribution in [0.1, 0.15) is 24.3 Å². The van der Waals surface area contributed by atoms with E-state index in [9.17, 15) is 0 Å². The zero-order valence-corrected chi connectivity index (χ0v) is 12.8. The molecular formula is C16H21NO2S. The van der Waals surface area contributed by atoms with Crippen molar-refractivity contribution < 1.29 is 9.47 Å². The standard InChI is InChI=1S/C16H21NO2S/c1-11(2)17-7-16-14(10-19-12-8-18-9-12)13-5-3-4-6-15(13)20-16/h3-6,11-12,17H,7-10H2,1-2H3. The van der Waals surface area contributed by atoms with Gasteiger partial charge in [0.2, 0.25) is 0 Å². The molecule has 0 bridgehead atoms. The maximum atomic E-state index is 5.93. The molecule has 1 aromatic carbocycles. The average Bonchev–Trinajstić information content (AvgIpc) is 2.73. The van der Waals surface area contributed by atoms with E-state index in [0.717, 1.165) is 19.8 Å². The predicted octanol–water partition coefficient (Wildman–Crippen LogP) is 3.31. The molecule has 1 aromatic heterocycles. The van der Waals surface area contributed by atoms with E-state index >= 15 is 0 Å². The number of fused-ring (bicyclic) bond motifs is 1. The molecule has 4 heteroatoms. The second-order valence-electron chi connectivity index (χ2n) is 5.51. The summed E-state index contributed by atoms with van der Waals surface area (Å²) < 4.78 is 12.4. The largest absolute Gasteiger partial charge is 0.376 e.